The highest BCUT2D eigenvalue weighted by Gasteiger charge is 2.35. The molecule has 0 aliphatic carbocycles. The summed E-state index contributed by atoms with van der Waals surface area (Å²) in [6.45, 7) is 2.89. The molecular weight excluding hydrogens is 504 g/mol. The topological polar surface area (TPSA) is 121 Å². The van der Waals surface area contributed by atoms with E-state index in [2.05, 4.69) is 10.3 Å². The SMILES string of the molecule is CCC(C(=O)Nc1nccs1)N1Cc2ccc(-c3ccc(OCCCCCCC(=O)NO)cc3)cc2C1=O. The number of aromatic nitrogens is 1. The Morgan fingerprint density at radius 1 is 1.11 bits per heavy atom. The van der Waals surface area contributed by atoms with Gasteiger partial charge in [-0.25, -0.2) is 10.5 Å². The summed E-state index contributed by atoms with van der Waals surface area (Å²) >= 11 is 1.35. The van der Waals surface area contributed by atoms with Crippen LogP contribution in [-0.4, -0.2) is 45.5 Å². The summed E-state index contributed by atoms with van der Waals surface area (Å²) in [5, 5.41) is 13.6. The second kappa shape index (κ2) is 13.2. The summed E-state index contributed by atoms with van der Waals surface area (Å²) in [5.41, 5.74) is 5.08. The molecule has 1 unspecified atom stereocenters. The van der Waals surface area contributed by atoms with Gasteiger partial charge in [0.15, 0.2) is 5.13 Å². The van der Waals surface area contributed by atoms with E-state index in [0.717, 1.165) is 48.1 Å². The summed E-state index contributed by atoms with van der Waals surface area (Å²) < 4.78 is 5.83. The molecule has 0 spiro atoms. The van der Waals surface area contributed by atoms with Crippen LogP contribution < -0.4 is 15.5 Å². The van der Waals surface area contributed by atoms with Gasteiger partial charge in [-0.05, 0) is 54.2 Å². The third kappa shape index (κ3) is 6.76. The van der Waals surface area contributed by atoms with Crippen LogP contribution in [0.3, 0.4) is 0 Å². The number of hydrogen-bond acceptors (Lipinski definition) is 7. The second-order valence-electron chi connectivity index (χ2n) is 9.13. The quantitative estimate of drug-likeness (QED) is 0.160. The first-order chi connectivity index (χ1) is 18.5. The van der Waals surface area contributed by atoms with Crippen LogP contribution in [0.5, 0.6) is 5.75 Å². The number of hydrogen-bond donors (Lipinski definition) is 3. The number of carbonyl (C=O) groups excluding carboxylic acids is 3. The van der Waals surface area contributed by atoms with Crippen LogP contribution in [0.1, 0.15) is 61.4 Å². The maximum Gasteiger partial charge on any atom is 0.255 e. The monoisotopic (exact) mass is 536 g/mol. The van der Waals surface area contributed by atoms with Gasteiger partial charge < -0.3 is 15.0 Å². The molecule has 1 atom stereocenters. The number of rotatable bonds is 13. The molecule has 200 valence electrons. The molecule has 4 rings (SSSR count). The molecule has 38 heavy (non-hydrogen) atoms. The van der Waals surface area contributed by atoms with E-state index in [1.54, 1.807) is 22.0 Å². The highest BCUT2D eigenvalue weighted by atomic mass is 32.1. The summed E-state index contributed by atoms with van der Waals surface area (Å²) in [4.78, 5) is 42.9. The van der Waals surface area contributed by atoms with Crippen molar-refractivity contribution < 1.29 is 24.3 Å². The lowest BCUT2D eigenvalue weighted by molar-refractivity contribution is -0.129. The summed E-state index contributed by atoms with van der Waals surface area (Å²) in [6.07, 6.45) is 5.93. The Morgan fingerprint density at radius 2 is 1.87 bits per heavy atom. The van der Waals surface area contributed by atoms with Crippen molar-refractivity contribution in [2.24, 2.45) is 0 Å². The third-order valence-electron chi connectivity index (χ3n) is 6.55. The Bertz CT molecular complexity index is 1250. The van der Waals surface area contributed by atoms with Gasteiger partial charge in [0.1, 0.15) is 11.8 Å². The molecule has 2 aromatic carbocycles. The highest BCUT2D eigenvalue weighted by molar-refractivity contribution is 7.13. The summed E-state index contributed by atoms with van der Waals surface area (Å²) in [6, 6.07) is 13.1. The zero-order chi connectivity index (χ0) is 26.9. The molecule has 1 aliphatic rings. The molecule has 10 heteroatoms. The van der Waals surface area contributed by atoms with Gasteiger partial charge in [0.25, 0.3) is 5.91 Å². The molecule has 1 aliphatic heterocycles. The number of anilines is 1. The molecule has 3 amide bonds. The molecule has 2 heterocycles. The Labute approximate surface area is 225 Å². The maximum atomic E-state index is 13.3. The molecule has 0 radical (unpaired) electrons. The Morgan fingerprint density at radius 3 is 2.58 bits per heavy atom. The Kier molecular flexibility index (Phi) is 9.45. The van der Waals surface area contributed by atoms with Crippen LogP contribution >= 0.6 is 11.3 Å². The fourth-order valence-corrected chi connectivity index (χ4v) is 5.04. The van der Waals surface area contributed by atoms with E-state index in [-0.39, 0.29) is 17.7 Å². The lowest BCUT2D eigenvalue weighted by atomic mass is 10.0. The van der Waals surface area contributed by atoms with Crippen LogP contribution in [-0.2, 0) is 16.1 Å². The van der Waals surface area contributed by atoms with E-state index in [4.69, 9.17) is 9.94 Å². The molecule has 0 bridgehead atoms. The van der Waals surface area contributed by atoms with Crippen LogP contribution in [0.25, 0.3) is 11.1 Å². The fraction of sp³-hybridized carbons (Fsp3) is 0.357. The van der Waals surface area contributed by atoms with Crippen LogP contribution in [0, 0.1) is 0 Å². The zero-order valence-electron chi connectivity index (χ0n) is 21.3. The van der Waals surface area contributed by atoms with Crippen molar-refractivity contribution in [2.75, 3.05) is 11.9 Å². The molecule has 0 fully saturated rings. The number of hydroxylamine groups is 1. The average molecular weight is 537 g/mol. The molecule has 3 N–H and O–H groups in total. The number of nitrogens with one attached hydrogen (secondary N) is 2. The molecule has 0 saturated carbocycles. The number of carbonyl (C=O) groups is 3. The molecule has 0 saturated heterocycles. The minimum atomic E-state index is -0.571. The summed E-state index contributed by atoms with van der Waals surface area (Å²) in [7, 11) is 0. The van der Waals surface area contributed by atoms with E-state index in [0.29, 0.717) is 36.7 Å². The first kappa shape index (κ1) is 27.3. The number of thiazole rings is 1. The molecular formula is C28H32N4O5S. The first-order valence-corrected chi connectivity index (χ1v) is 13.7. The predicted octanol–water partition coefficient (Wildman–Crippen LogP) is 5.02. The van der Waals surface area contributed by atoms with E-state index in [9.17, 15) is 14.4 Å². The maximum absolute atomic E-state index is 13.3. The van der Waals surface area contributed by atoms with Crippen LogP contribution in [0.4, 0.5) is 5.13 Å². The lowest BCUT2D eigenvalue weighted by Crippen LogP contribution is -2.43. The molecule has 1 aromatic heterocycles. The first-order valence-electron chi connectivity index (χ1n) is 12.8. The van der Waals surface area contributed by atoms with Crippen molar-refractivity contribution in [3.63, 3.8) is 0 Å². The number of benzene rings is 2. The van der Waals surface area contributed by atoms with Gasteiger partial charge in [-0.15, -0.1) is 11.3 Å². The minimum absolute atomic E-state index is 0.139. The third-order valence-corrected chi connectivity index (χ3v) is 7.24. The molecule has 3 aromatic rings. The van der Waals surface area contributed by atoms with Crippen LogP contribution in [0.2, 0.25) is 0 Å². The normalized spacial score (nSPS) is 13.2. The number of unbranched alkanes of at least 4 members (excludes halogenated alkanes) is 3. The van der Waals surface area contributed by atoms with Gasteiger partial charge in [0, 0.05) is 30.1 Å². The molecule has 9 nitrogen and oxygen atoms in total. The largest absolute Gasteiger partial charge is 0.494 e. The van der Waals surface area contributed by atoms with Crippen molar-refractivity contribution in [2.45, 2.75) is 58.0 Å². The van der Waals surface area contributed by atoms with E-state index in [1.807, 2.05) is 49.4 Å². The van der Waals surface area contributed by atoms with Crippen molar-refractivity contribution in [3.8, 4) is 16.9 Å². The number of ether oxygens (including phenoxy) is 1. The number of amides is 3. The van der Waals surface area contributed by atoms with Crippen molar-refractivity contribution >= 4 is 34.2 Å². The minimum Gasteiger partial charge on any atom is -0.494 e. The Hall–Kier alpha value is -3.76. The van der Waals surface area contributed by atoms with Crippen molar-refractivity contribution in [1.29, 1.82) is 0 Å². The van der Waals surface area contributed by atoms with Gasteiger partial charge in [-0.2, -0.15) is 0 Å². The number of nitrogens with zero attached hydrogens (tertiary/aromatic N) is 2. The van der Waals surface area contributed by atoms with E-state index < -0.39 is 6.04 Å². The van der Waals surface area contributed by atoms with Gasteiger partial charge in [-0.3, -0.25) is 19.6 Å². The average Bonchev–Trinajstić information content (AvgIpc) is 3.56. The number of fused-ring (bicyclic) bond motifs is 1. The smallest absolute Gasteiger partial charge is 0.255 e. The standard InChI is InChI=1S/C28H32N4O5S/c1-2-24(26(34)30-28-29-14-16-38-28)32-18-21-9-8-20(17-23(21)27(32)35)19-10-12-22(13-11-19)37-15-6-4-3-5-7-25(33)31-36/h8-14,16-17,24,36H,2-7,15,18H2,1H3,(H,31,33)(H,29,30,34). The van der Waals surface area contributed by atoms with Gasteiger partial charge in [0.2, 0.25) is 11.8 Å². The Balaban J connectivity index is 1.31. The van der Waals surface area contributed by atoms with Gasteiger partial charge >= 0.3 is 0 Å². The van der Waals surface area contributed by atoms with Crippen LogP contribution in [0.15, 0.2) is 54.0 Å². The van der Waals surface area contributed by atoms with Crippen molar-refractivity contribution in [1.82, 2.24) is 15.4 Å². The van der Waals surface area contributed by atoms with Gasteiger partial charge in [0.05, 0.1) is 6.61 Å². The predicted molar refractivity (Wildman–Crippen MR) is 145 cm³/mol. The fourth-order valence-electron chi connectivity index (χ4n) is 4.51. The zero-order valence-corrected chi connectivity index (χ0v) is 22.1. The lowest BCUT2D eigenvalue weighted by Gasteiger charge is -2.25. The van der Waals surface area contributed by atoms with Crippen molar-refractivity contribution in [3.05, 3.63) is 65.2 Å². The second-order valence-corrected chi connectivity index (χ2v) is 10.0. The van der Waals surface area contributed by atoms with Gasteiger partial charge in [-0.1, -0.05) is 44.0 Å². The summed E-state index contributed by atoms with van der Waals surface area (Å²) in [5.74, 6) is 0.0499. The van der Waals surface area contributed by atoms with E-state index >= 15 is 0 Å². The van der Waals surface area contributed by atoms with E-state index in [1.165, 1.54) is 11.3 Å². The highest BCUT2D eigenvalue weighted by Crippen LogP contribution is 2.31.